The average molecular weight is 294 g/mol. The van der Waals surface area contributed by atoms with Crippen LogP contribution in [0, 0.1) is 29.6 Å². The Hall–Kier alpha value is -0.790. The minimum atomic E-state index is -0.685. The number of unbranched alkanes of at least 4 members (excludes halogenated alkanes) is 1. The fourth-order valence-electron chi connectivity index (χ4n) is 3.95. The Morgan fingerprint density at radius 3 is 2.48 bits per heavy atom. The van der Waals surface area contributed by atoms with Gasteiger partial charge in [0.15, 0.2) is 0 Å². The lowest BCUT2D eigenvalue weighted by atomic mass is 9.81. The van der Waals surface area contributed by atoms with Gasteiger partial charge in [-0.1, -0.05) is 46.3 Å². The molecular formula is C19H34O2. The molecular weight excluding hydrogens is 260 g/mol. The van der Waals surface area contributed by atoms with Crippen LogP contribution in [-0.4, -0.2) is 11.1 Å². The smallest absolute Gasteiger partial charge is 0.303 e. The van der Waals surface area contributed by atoms with Gasteiger partial charge in [-0.25, -0.2) is 0 Å². The molecule has 0 spiro atoms. The number of carbonyl (C=O) groups is 1. The summed E-state index contributed by atoms with van der Waals surface area (Å²) in [6.07, 6.45) is 11.7. The number of hydrogen-bond acceptors (Lipinski definition) is 1. The molecule has 1 aliphatic carbocycles. The van der Waals surface area contributed by atoms with Crippen molar-refractivity contribution in [1.29, 1.82) is 0 Å². The van der Waals surface area contributed by atoms with Crippen molar-refractivity contribution in [3.05, 3.63) is 12.2 Å². The number of carboxylic acids is 1. The summed E-state index contributed by atoms with van der Waals surface area (Å²) in [6, 6.07) is 0. The summed E-state index contributed by atoms with van der Waals surface area (Å²) in [6.45, 7) is 9.48. The summed E-state index contributed by atoms with van der Waals surface area (Å²) < 4.78 is 0. The van der Waals surface area contributed by atoms with Crippen LogP contribution in [0.5, 0.6) is 0 Å². The van der Waals surface area contributed by atoms with E-state index < -0.39 is 5.97 Å². The van der Waals surface area contributed by atoms with Gasteiger partial charge in [-0.05, 0) is 61.7 Å². The largest absolute Gasteiger partial charge is 0.481 e. The fourth-order valence-corrected chi connectivity index (χ4v) is 3.95. The van der Waals surface area contributed by atoms with E-state index in [1.807, 2.05) is 0 Å². The predicted octanol–water partition coefficient (Wildman–Crippen LogP) is 5.53. The molecule has 0 heterocycles. The van der Waals surface area contributed by atoms with Crippen LogP contribution >= 0.6 is 0 Å². The molecule has 1 aliphatic rings. The Kier molecular flexibility index (Phi) is 8.06. The highest BCUT2D eigenvalue weighted by Gasteiger charge is 2.37. The lowest BCUT2D eigenvalue weighted by Crippen LogP contribution is -2.16. The summed E-state index contributed by atoms with van der Waals surface area (Å²) in [7, 11) is 0. The van der Waals surface area contributed by atoms with Crippen LogP contribution in [0.15, 0.2) is 12.2 Å². The second kappa shape index (κ2) is 9.27. The number of hydrogen-bond donors (Lipinski definition) is 1. The molecule has 0 aliphatic heterocycles. The van der Waals surface area contributed by atoms with Crippen molar-refractivity contribution in [1.82, 2.24) is 0 Å². The first-order chi connectivity index (χ1) is 9.91. The zero-order valence-electron chi connectivity index (χ0n) is 14.3. The highest BCUT2D eigenvalue weighted by Crippen LogP contribution is 2.45. The molecule has 2 heteroatoms. The zero-order valence-corrected chi connectivity index (χ0v) is 14.3. The molecule has 0 aromatic rings. The quantitative estimate of drug-likeness (QED) is 0.448. The molecule has 122 valence electrons. The van der Waals surface area contributed by atoms with Crippen LogP contribution in [0.3, 0.4) is 0 Å². The topological polar surface area (TPSA) is 37.3 Å². The Balaban J connectivity index is 2.38. The second-order valence-electron chi connectivity index (χ2n) is 7.48. The first-order valence-corrected chi connectivity index (χ1v) is 8.78. The summed E-state index contributed by atoms with van der Waals surface area (Å²) in [5.74, 6) is 3.53. The molecule has 0 aromatic heterocycles. The third-order valence-corrected chi connectivity index (χ3v) is 5.17. The third-order valence-electron chi connectivity index (χ3n) is 5.17. The highest BCUT2D eigenvalue weighted by molar-refractivity contribution is 5.66. The summed E-state index contributed by atoms with van der Waals surface area (Å²) in [4.78, 5) is 10.5. The van der Waals surface area contributed by atoms with Gasteiger partial charge in [0.2, 0.25) is 0 Å². The van der Waals surface area contributed by atoms with Crippen LogP contribution in [-0.2, 0) is 4.79 Å². The van der Waals surface area contributed by atoms with E-state index in [-0.39, 0.29) is 6.42 Å². The Morgan fingerprint density at radius 2 is 1.86 bits per heavy atom. The van der Waals surface area contributed by atoms with Crippen LogP contribution in [0.4, 0.5) is 0 Å². The van der Waals surface area contributed by atoms with Gasteiger partial charge in [0.05, 0.1) is 0 Å². The molecule has 0 unspecified atom stereocenters. The van der Waals surface area contributed by atoms with Crippen LogP contribution in [0.25, 0.3) is 0 Å². The van der Waals surface area contributed by atoms with Gasteiger partial charge in [0.25, 0.3) is 0 Å². The van der Waals surface area contributed by atoms with Gasteiger partial charge in [0.1, 0.15) is 0 Å². The van der Waals surface area contributed by atoms with E-state index in [9.17, 15) is 4.79 Å². The van der Waals surface area contributed by atoms with Crippen LogP contribution in [0.2, 0.25) is 0 Å². The van der Waals surface area contributed by atoms with E-state index in [1.165, 1.54) is 25.7 Å². The summed E-state index contributed by atoms with van der Waals surface area (Å²) >= 11 is 0. The number of carboxylic acid groups (broad SMARTS) is 1. The Bertz CT molecular complexity index is 332. The van der Waals surface area contributed by atoms with E-state index in [4.69, 9.17) is 5.11 Å². The number of allylic oxidation sites excluding steroid dienone is 2. The van der Waals surface area contributed by atoms with Crippen molar-refractivity contribution >= 4 is 5.97 Å². The Morgan fingerprint density at radius 1 is 1.19 bits per heavy atom. The molecule has 1 rings (SSSR count). The van der Waals surface area contributed by atoms with Crippen LogP contribution in [0.1, 0.15) is 72.6 Å². The molecule has 0 radical (unpaired) electrons. The first kappa shape index (κ1) is 18.3. The predicted molar refractivity (Wildman–Crippen MR) is 89.2 cm³/mol. The maximum atomic E-state index is 10.5. The molecule has 0 amide bonds. The van der Waals surface area contributed by atoms with Gasteiger partial charge >= 0.3 is 5.97 Å². The minimum absolute atomic E-state index is 0.290. The molecule has 1 saturated carbocycles. The minimum Gasteiger partial charge on any atom is -0.481 e. The van der Waals surface area contributed by atoms with Gasteiger partial charge in [-0.2, -0.15) is 0 Å². The fraction of sp³-hybridized carbons (Fsp3) is 0.842. The SMILES string of the molecule is CC(C)CC[C@@H]1[C@@H](C/C=C\CCCC(=O)O)[C@@H](C)C[C@H]1C. The molecule has 2 nitrogen and oxygen atoms in total. The normalized spacial score (nSPS) is 29.6. The molecule has 0 aromatic carbocycles. The molecule has 1 fully saturated rings. The van der Waals surface area contributed by atoms with E-state index in [0.717, 1.165) is 42.4 Å². The van der Waals surface area contributed by atoms with E-state index in [0.29, 0.717) is 0 Å². The maximum absolute atomic E-state index is 10.5. The first-order valence-electron chi connectivity index (χ1n) is 8.78. The maximum Gasteiger partial charge on any atom is 0.303 e. The summed E-state index contributed by atoms with van der Waals surface area (Å²) in [5, 5.41) is 8.62. The van der Waals surface area contributed by atoms with Gasteiger partial charge < -0.3 is 5.11 Å². The third kappa shape index (κ3) is 6.67. The van der Waals surface area contributed by atoms with Crippen molar-refractivity contribution in [3.8, 4) is 0 Å². The van der Waals surface area contributed by atoms with Crippen molar-refractivity contribution in [3.63, 3.8) is 0 Å². The standard InChI is InChI=1S/C19H34O2/c1-14(2)11-12-18-16(4)13-15(3)17(18)9-7-5-6-8-10-19(20)21/h5,7,14-18H,6,8-13H2,1-4H3,(H,20,21)/b7-5-/t15-,16+,17-,18-/m0/s1. The van der Waals surface area contributed by atoms with Gasteiger partial charge in [0, 0.05) is 6.42 Å². The van der Waals surface area contributed by atoms with Crippen molar-refractivity contribution in [2.24, 2.45) is 29.6 Å². The van der Waals surface area contributed by atoms with Crippen molar-refractivity contribution < 1.29 is 9.90 Å². The molecule has 0 bridgehead atoms. The monoisotopic (exact) mass is 294 g/mol. The highest BCUT2D eigenvalue weighted by atomic mass is 16.4. The van der Waals surface area contributed by atoms with Crippen molar-refractivity contribution in [2.45, 2.75) is 72.6 Å². The number of aliphatic carboxylic acids is 1. The molecule has 4 atom stereocenters. The zero-order chi connectivity index (χ0) is 15.8. The van der Waals surface area contributed by atoms with E-state index in [2.05, 4.69) is 39.8 Å². The van der Waals surface area contributed by atoms with Crippen molar-refractivity contribution in [2.75, 3.05) is 0 Å². The lowest BCUT2D eigenvalue weighted by Gasteiger charge is -2.24. The molecule has 1 N–H and O–H groups in total. The summed E-state index contributed by atoms with van der Waals surface area (Å²) in [5.41, 5.74) is 0. The Labute approximate surface area is 131 Å². The van der Waals surface area contributed by atoms with Crippen LogP contribution < -0.4 is 0 Å². The average Bonchev–Trinajstić information content (AvgIpc) is 2.65. The second-order valence-corrected chi connectivity index (χ2v) is 7.48. The molecule has 0 saturated heterocycles. The lowest BCUT2D eigenvalue weighted by molar-refractivity contribution is -0.137. The van der Waals surface area contributed by atoms with Gasteiger partial charge in [-0.3, -0.25) is 4.79 Å². The van der Waals surface area contributed by atoms with E-state index >= 15 is 0 Å². The number of rotatable bonds is 9. The van der Waals surface area contributed by atoms with Gasteiger partial charge in [-0.15, -0.1) is 0 Å². The van der Waals surface area contributed by atoms with E-state index in [1.54, 1.807) is 0 Å². The molecule has 21 heavy (non-hydrogen) atoms.